The number of ketones is 1. The number of anilines is 1. The first-order valence-electron chi connectivity index (χ1n) is 9.82. The zero-order valence-electron chi connectivity index (χ0n) is 16.5. The van der Waals surface area contributed by atoms with Crippen LogP contribution in [0.3, 0.4) is 0 Å². The third-order valence-corrected chi connectivity index (χ3v) is 6.24. The van der Waals surface area contributed by atoms with Gasteiger partial charge >= 0.3 is 0 Å². The molecule has 2 aromatic carbocycles. The van der Waals surface area contributed by atoms with E-state index in [1.54, 1.807) is 72.9 Å². The van der Waals surface area contributed by atoms with E-state index in [1.165, 1.54) is 0 Å². The van der Waals surface area contributed by atoms with Gasteiger partial charge in [0, 0.05) is 16.8 Å². The molecule has 0 N–H and O–H groups in total. The average molecular weight is 436 g/mol. The Morgan fingerprint density at radius 2 is 1.81 bits per heavy atom. The number of amides is 2. The summed E-state index contributed by atoms with van der Waals surface area (Å²) in [7, 11) is 1.55. The quantitative estimate of drug-likeness (QED) is 0.545. The van der Waals surface area contributed by atoms with Gasteiger partial charge in [-0.05, 0) is 48.5 Å². The number of allylic oxidation sites excluding steroid dienone is 1. The Kier molecular flexibility index (Phi) is 4.63. The average Bonchev–Trinajstić information content (AvgIpc) is 3.26. The number of imide groups is 1. The fourth-order valence-corrected chi connectivity index (χ4v) is 4.82. The molecule has 3 aliphatic heterocycles. The summed E-state index contributed by atoms with van der Waals surface area (Å²) in [5, 5.41) is 6.36. The molecule has 31 heavy (non-hydrogen) atoms. The van der Waals surface area contributed by atoms with E-state index in [1.807, 2.05) is 6.08 Å². The van der Waals surface area contributed by atoms with Gasteiger partial charge in [0.25, 0.3) is 0 Å². The topological polar surface area (TPSA) is 79.3 Å². The van der Waals surface area contributed by atoms with Crippen molar-refractivity contribution < 1.29 is 19.1 Å². The van der Waals surface area contributed by atoms with Gasteiger partial charge in [-0.1, -0.05) is 23.7 Å². The standard InChI is InChI=1S/C23H18ClN3O4/c1-31-16-9-7-13(8-10-16)21(28)20-19-18(17-6-3-11-25-27(17)20)22(29)26(23(19)30)15-5-2-4-14(24)12-15/h2-12,17-20H,1H3/t17-,18+,19+,20-/m0/s1. The van der Waals surface area contributed by atoms with Gasteiger partial charge in [-0.25, -0.2) is 4.90 Å². The van der Waals surface area contributed by atoms with Crippen molar-refractivity contribution >= 4 is 41.1 Å². The summed E-state index contributed by atoms with van der Waals surface area (Å²) in [6, 6.07) is 11.9. The molecule has 0 unspecified atom stereocenters. The Bertz CT molecular complexity index is 1140. The Morgan fingerprint density at radius 3 is 2.52 bits per heavy atom. The summed E-state index contributed by atoms with van der Waals surface area (Å²) in [6.07, 6.45) is 5.12. The van der Waals surface area contributed by atoms with Gasteiger partial charge in [0.2, 0.25) is 11.8 Å². The normalized spacial score (nSPS) is 26.3. The second-order valence-electron chi connectivity index (χ2n) is 7.60. The number of halogens is 1. The molecule has 0 aliphatic carbocycles. The molecule has 2 aromatic rings. The van der Waals surface area contributed by atoms with Gasteiger partial charge in [0.15, 0.2) is 5.78 Å². The van der Waals surface area contributed by atoms with Crippen molar-refractivity contribution in [3.63, 3.8) is 0 Å². The lowest BCUT2D eigenvalue weighted by Crippen LogP contribution is -2.46. The first-order chi connectivity index (χ1) is 15.0. The minimum absolute atomic E-state index is 0.262. The van der Waals surface area contributed by atoms with Crippen LogP contribution in [-0.2, 0) is 9.59 Å². The van der Waals surface area contributed by atoms with Crippen LogP contribution in [0.25, 0.3) is 0 Å². The third kappa shape index (κ3) is 2.96. The highest BCUT2D eigenvalue weighted by Gasteiger charge is 2.64. The van der Waals surface area contributed by atoms with Crippen LogP contribution in [0, 0.1) is 11.8 Å². The van der Waals surface area contributed by atoms with Crippen LogP contribution < -0.4 is 9.64 Å². The number of carbonyl (C=O) groups excluding carboxylic acids is 3. The molecule has 0 saturated carbocycles. The molecule has 3 aliphatic rings. The number of ether oxygens (including phenoxy) is 1. The molecule has 0 bridgehead atoms. The summed E-state index contributed by atoms with van der Waals surface area (Å²) in [6.45, 7) is 0. The lowest BCUT2D eigenvalue weighted by Gasteiger charge is -2.30. The Morgan fingerprint density at radius 1 is 1.06 bits per heavy atom. The number of benzene rings is 2. The summed E-state index contributed by atoms with van der Waals surface area (Å²) in [4.78, 5) is 41.5. The van der Waals surface area contributed by atoms with Crippen molar-refractivity contribution in [3.05, 3.63) is 71.3 Å². The molecule has 2 saturated heterocycles. The molecule has 0 radical (unpaired) electrons. The fraction of sp³-hybridized carbons (Fsp3) is 0.217. The number of hydrazone groups is 1. The maximum Gasteiger partial charge on any atom is 0.240 e. The maximum atomic E-state index is 13.5. The highest BCUT2D eigenvalue weighted by atomic mass is 35.5. The largest absolute Gasteiger partial charge is 0.497 e. The van der Waals surface area contributed by atoms with E-state index in [9.17, 15) is 14.4 Å². The van der Waals surface area contributed by atoms with Gasteiger partial charge in [0.1, 0.15) is 11.8 Å². The molecule has 4 atom stereocenters. The number of Topliss-reactive ketones (excluding diaryl/α,β-unsaturated/α-hetero) is 1. The van der Waals surface area contributed by atoms with E-state index >= 15 is 0 Å². The van der Waals surface area contributed by atoms with Gasteiger partial charge < -0.3 is 4.74 Å². The minimum atomic E-state index is -0.884. The second-order valence-corrected chi connectivity index (χ2v) is 8.04. The second kappa shape index (κ2) is 7.35. The number of rotatable bonds is 4. The molecule has 3 heterocycles. The van der Waals surface area contributed by atoms with Crippen LogP contribution in [0.15, 0.2) is 65.8 Å². The fourth-order valence-electron chi connectivity index (χ4n) is 4.63. The van der Waals surface area contributed by atoms with Crippen molar-refractivity contribution in [2.24, 2.45) is 16.9 Å². The molecule has 0 spiro atoms. The van der Waals surface area contributed by atoms with Gasteiger partial charge in [-0.2, -0.15) is 5.10 Å². The number of nitrogens with zero attached hydrogens (tertiary/aromatic N) is 3. The predicted octanol–water partition coefficient (Wildman–Crippen LogP) is 2.95. The minimum Gasteiger partial charge on any atom is -0.497 e. The lowest BCUT2D eigenvalue weighted by atomic mass is 9.86. The third-order valence-electron chi connectivity index (χ3n) is 6.00. The van der Waals surface area contributed by atoms with E-state index < -0.39 is 29.8 Å². The van der Waals surface area contributed by atoms with Gasteiger partial charge in [0.05, 0.1) is 30.7 Å². The number of methoxy groups -OCH3 is 1. The van der Waals surface area contributed by atoms with Crippen molar-refractivity contribution in [1.29, 1.82) is 0 Å². The van der Waals surface area contributed by atoms with Crippen LogP contribution in [0.5, 0.6) is 5.75 Å². The lowest BCUT2D eigenvalue weighted by molar-refractivity contribution is -0.123. The number of fused-ring (bicyclic) bond motifs is 3. The summed E-state index contributed by atoms with van der Waals surface area (Å²) < 4.78 is 5.16. The highest BCUT2D eigenvalue weighted by molar-refractivity contribution is 6.31. The highest BCUT2D eigenvalue weighted by Crippen LogP contribution is 2.46. The van der Waals surface area contributed by atoms with Crippen molar-refractivity contribution in [2.75, 3.05) is 12.0 Å². The van der Waals surface area contributed by atoms with Crippen LogP contribution in [-0.4, -0.2) is 48.0 Å². The Balaban J connectivity index is 1.56. The number of hydrogen-bond acceptors (Lipinski definition) is 6. The van der Waals surface area contributed by atoms with E-state index in [-0.39, 0.29) is 11.7 Å². The molecule has 2 fully saturated rings. The summed E-state index contributed by atoms with van der Waals surface area (Å²) in [5.74, 6) is -1.95. The molecule has 0 aromatic heterocycles. The molecular weight excluding hydrogens is 418 g/mol. The smallest absolute Gasteiger partial charge is 0.240 e. The molecule has 156 valence electrons. The zero-order chi connectivity index (χ0) is 21.7. The van der Waals surface area contributed by atoms with Crippen molar-refractivity contribution in [3.8, 4) is 5.75 Å². The Labute approximate surface area is 183 Å². The van der Waals surface area contributed by atoms with Gasteiger partial charge in [-0.15, -0.1) is 0 Å². The number of carbonyl (C=O) groups is 3. The van der Waals surface area contributed by atoms with Gasteiger partial charge in [-0.3, -0.25) is 19.4 Å². The van der Waals surface area contributed by atoms with Crippen LogP contribution in [0.4, 0.5) is 5.69 Å². The SMILES string of the molecule is COc1ccc(C(=O)[C@@H]2[C@@H]3C(=O)N(c4cccc(Cl)c4)C(=O)[C@@H]3[C@@H]3C=CC=NN23)cc1. The zero-order valence-corrected chi connectivity index (χ0v) is 17.3. The van der Waals surface area contributed by atoms with E-state index in [0.29, 0.717) is 22.0 Å². The maximum absolute atomic E-state index is 13.5. The first kappa shape index (κ1) is 19.5. The van der Waals surface area contributed by atoms with E-state index in [4.69, 9.17) is 16.3 Å². The number of hydrogen-bond donors (Lipinski definition) is 0. The van der Waals surface area contributed by atoms with Crippen molar-refractivity contribution in [2.45, 2.75) is 12.1 Å². The van der Waals surface area contributed by atoms with E-state index in [2.05, 4.69) is 5.10 Å². The molecule has 7 nitrogen and oxygen atoms in total. The molecule has 2 amide bonds. The Hall–Kier alpha value is -3.45. The van der Waals surface area contributed by atoms with Crippen LogP contribution in [0.1, 0.15) is 10.4 Å². The van der Waals surface area contributed by atoms with Crippen molar-refractivity contribution in [1.82, 2.24) is 5.01 Å². The molecular formula is C23H18ClN3O4. The molecule has 5 rings (SSSR count). The van der Waals surface area contributed by atoms with E-state index in [0.717, 1.165) is 4.90 Å². The first-order valence-corrected chi connectivity index (χ1v) is 10.2. The van der Waals surface area contributed by atoms with Crippen LogP contribution >= 0.6 is 11.6 Å². The molecule has 8 heteroatoms. The van der Waals surface area contributed by atoms with Crippen LogP contribution in [0.2, 0.25) is 5.02 Å². The predicted molar refractivity (Wildman–Crippen MR) is 115 cm³/mol. The summed E-state index contributed by atoms with van der Waals surface area (Å²) in [5.41, 5.74) is 0.832. The summed E-state index contributed by atoms with van der Waals surface area (Å²) >= 11 is 6.08. The monoisotopic (exact) mass is 435 g/mol.